The Kier molecular flexibility index (Phi) is 5.10. The SMILES string of the molecule is O=C(CNC(=O)c1ccc(-c2nn[nH]n2)cc1)OCc1ccccc1. The van der Waals surface area contributed by atoms with Crippen molar-refractivity contribution in [3.63, 3.8) is 0 Å². The van der Waals surface area contributed by atoms with E-state index in [1.165, 1.54) is 0 Å². The Morgan fingerprint density at radius 3 is 2.48 bits per heavy atom. The van der Waals surface area contributed by atoms with Crippen molar-refractivity contribution in [2.75, 3.05) is 6.54 Å². The van der Waals surface area contributed by atoms with Crippen LogP contribution in [0, 0.1) is 0 Å². The van der Waals surface area contributed by atoms with Gasteiger partial charge in [-0.15, -0.1) is 10.2 Å². The first-order valence-electron chi connectivity index (χ1n) is 7.54. The summed E-state index contributed by atoms with van der Waals surface area (Å²) >= 11 is 0. The second kappa shape index (κ2) is 7.82. The fourth-order valence-electron chi connectivity index (χ4n) is 2.10. The number of rotatable bonds is 6. The largest absolute Gasteiger partial charge is 0.460 e. The van der Waals surface area contributed by atoms with Gasteiger partial charge in [-0.1, -0.05) is 42.5 Å². The number of carbonyl (C=O) groups excluding carboxylic acids is 2. The van der Waals surface area contributed by atoms with Gasteiger partial charge in [-0.25, -0.2) is 0 Å². The first-order chi connectivity index (χ1) is 12.2. The molecule has 2 N–H and O–H groups in total. The van der Waals surface area contributed by atoms with Crippen molar-refractivity contribution in [3.05, 3.63) is 65.7 Å². The molecule has 0 atom stereocenters. The zero-order valence-electron chi connectivity index (χ0n) is 13.2. The average molecular weight is 337 g/mol. The van der Waals surface area contributed by atoms with Crippen molar-refractivity contribution in [2.24, 2.45) is 0 Å². The highest BCUT2D eigenvalue weighted by Gasteiger charge is 2.10. The van der Waals surface area contributed by atoms with Crippen LogP contribution in [0.2, 0.25) is 0 Å². The lowest BCUT2D eigenvalue weighted by Crippen LogP contribution is -2.30. The van der Waals surface area contributed by atoms with E-state index in [-0.39, 0.29) is 19.1 Å². The Bertz CT molecular complexity index is 832. The van der Waals surface area contributed by atoms with Crippen molar-refractivity contribution < 1.29 is 14.3 Å². The van der Waals surface area contributed by atoms with E-state index in [0.29, 0.717) is 11.4 Å². The molecule has 0 aliphatic rings. The van der Waals surface area contributed by atoms with Crippen LogP contribution in [-0.2, 0) is 16.1 Å². The average Bonchev–Trinajstić information content (AvgIpc) is 3.20. The molecule has 0 fully saturated rings. The highest BCUT2D eigenvalue weighted by molar-refractivity contribution is 5.96. The molecule has 0 unspecified atom stereocenters. The molecule has 126 valence electrons. The van der Waals surface area contributed by atoms with Gasteiger partial charge in [0, 0.05) is 11.1 Å². The maximum atomic E-state index is 12.1. The van der Waals surface area contributed by atoms with Crippen LogP contribution in [0.4, 0.5) is 0 Å². The lowest BCUT2D eigenvalue weighted by molar-refractivity contribution is -0.143. The van der Waals surface area contributed by atoms with Gasteiger partial charge in [-0.2, -0.15) is 5.21 Å². The topological polar surface area (TPSA) is 110 Å². The third-order valence-electron chi connectivity index (χ3n) is 3.39. The van der Waals surface area contributed by atoms with E-state index in [1.54, 1.807) is 24.3 Å². The first kappa shape index (κ1) is 16.3. The molecule has 1 aromatic heterocycles. The third-order valence-corrected chi connectivity index (χ3v) is 3.39. The molecule has 3 aromatic rings. The number of ether oxygens (including phenoxy) is 1. The van der Waals surface area contributed by atoms with E-state index in [1.807, 2.05) is 30.3 Å². The monoisotopic (exact) mass is 337 g/mol. The summed E-state index contributed by atoms with van der Waals surface area (Å²) in [6, 6.07) is 16.0. The maximum absolute atomic E-state index is 12.1. The molecule has 0 saturated heterocycles. The number of esters is 1. The number of amides is 1. The van der Waals surface area contributed by atoms with Crippen molar-refractivity contribution >= 4 is 11.9 Å². The van der Waals surface area contributed by atoms with Crippen LogP contribution < -0.4 is 5.32 Å². The van der Waals surface area contributed by atoms with E-state index in [9.17, 15) is 9.59 Å². The Hall–Kier alpha value is -3.55. The molecule has 25 heavy (non-hydrogen) atoms. The molecule has 2 aromatic carbocycles. The van der Waals surface area contributed by atoms with E-state index >= 15 is 0 Å². The lowest BCUT2D eigenvalue weighted by atomic mass is 10.1. The molecular weight excluding hydrogens is 322 g/mol. The number of tetrazole rings is 1. The smallest absolute Gasteiger partial charge is 0.325 e. The number of hydrogen-bond acceptors (Lipinski definition) is 6. The molecule has 0 spiro atoms. The van der Waals surface area contributed by atoms with Crippen LogP contribution >= 0.6 is 0 Å². The number of hydrogen-bond donors (Lipinski definition) is 2. The molecule has 1 amide bonds. The predicted octanol–water partition coefficient (Wildman–Crippen LogP) is 1.34. The minimum atomic E-state index is -0.499. The second-order valence-electron chi connectivity index (χ2n) is 5.14. The molecular formula is C17H15N5O3. The number of aromatic amines is 1. The van der Waals surface area contributed by atoms with Gasteiger partial charge in [0.25, 0.3) is 5.91 Å². The van der Waals surface area contributed by atoms with Gasteiger partial charge in [0.1, 0.15) is 13.2 Å². The molecule has 1 heterocycles. The summed E-state index contributed by atoms with van der Waals surface area (Å²) in [5, 5.41) is 16.1. The minimum absolute atomic E-state index is 0.176. The van der Waals surface area contributed by atoms with Gasteiger partial charge in [0.2, 0.25) is 5.82 Å². The van der Waals surface area contributed by atoms with Crippen LogP contribution in [0.5, 0.6) is 0 Å². The molecule has 0 radical (unpaired) electrons. The number of aromatic nitrogens is 4. The molecule has 8 heteroatoms. The summed E-state index contributed by atoms with van der Waals surface area (Å²) in [6.07, 6.45) is 0. The normalized spacial score (nSPS) is 10.2. The summed E-state index contributed by atoms with van der Waals surface area (Å²) in [6.45, 7) is -0.0206. The summed E-state index contributed by atoms with van der Waals surface area (Å²) in [4.78, 5) is 23.8. The second-order valence-corrected chi connectivity index (χ2v) is 5.14. The number of H-pyrrole nitrogens is 1. The third kappa shape index (κ3) is 4.47. The van der Waals surface area contributed by atoms with Gasteiger partial charge in [0.05, 0.1) is 0 Å². The van der Waals surface area contributed by atoms with E-state index in [4.69, 9.17) is 4.74 Å². The van der Waals surface area contributed by atoms with Crippen molar-refractivity contribution in [2.45, 2.75) is 6.61 Å². The zero-order valence-corrected chi connectivity index (χ0v) is 13.2. The number of nitrogens with one attached hydrogen (secondary N) is 2. The van der Waals surface area contributed by atoms with E-state index < -0.39 is 5.97 Å². The van der Waals surface area contributed by atoms with Gasteiger partial charge < -0.3 is 10.1 Å². The van der Waals surface area contributed by atoms with Crippen LogP contribution in [-0.4, -0.2) is 39.0 Å². The van der Waals surface area contributed by atoms with Gasteiger partial charge in [-0.3, -0.25) is 9.59 Å². The Morgan fingerprint density at radius 1 is 1.04 bits per heavy atom. The van der Waals surface area contributed by atoms with Gasteiger partial charge >= 0.3 is 5.97 Å². The summed E-state index contributed by atoms with van der Waals surface area (Å²) in [5.74, 6) is -0.423. The van der Waals surface area contributed by atoms with E-state index in [2.05, 4.69) is 25.9 Å². The quantitative estimate of drug-likeness (QED) is 0.657. The summed E-state index contributed by atoms with van der Waals surface area (Å²) < 4.78 is 5.10. The summed E-state index contributed by atoms with van der Waals surface area (Å²) in [5.41, 5.74) is 2.04. The fourth-order valence-corrected chi connectivity index (χ4v) is 2.10. The maximum Gasteiger partial charge on any atom is 0.325 e. The van der Waals surface area contributed by atoms with Crippen LogP contribution in [0.1, 0.15) is 15.9 Å². The molecule has 0 aliphatic heterocycles. The van der Waals surface area contributed by atoms with Crippen LogP contribution in [0.15, 0.2) is 54.6 Å². The zero-order chi connectivity index (χ0) is 17.5. The van der Waals surface area contributed by atoms with Crippen LogP contribution in [0.25, 0.3) is 11.4 Å². The summed E-state index contributed by atoms with van der Waals surface area (Å²) in [7, 11) is 0. The van der Waals surface area contributed by atoms with Crippen molar-refractivity contribution in [3.8, 4) is 11.4 Å². The number of nitrogens with zero attached hydrogens (tertiary/aromatic N) is 3. The highest BCUT2D eigenvalue weighted by Crippen LogP contribution is 2.13. The molecule has 0 bridgehead atoms. The predicted molar refractivity (Wildman–Crippen MR) is 88.2 cm³/mol. The fraction of sp³-hybridized carbons (Fsp3) is 0.118. The minimum Gasteiger partial charge on any atom is -0.460 e. The molecule has 3 rings (SSSR count). The Balaban J connectivity index is 1.48. The Labute approximate surface area is 143 Å². The number of benzene rings is 2. The highest BCUT2D eigenvalue weighted by atomic mass is 16.5. The Morgan fingerprint density at radius 2 is 1.80 bits per heavy atom. The van der Waals surface area contributed by atoms with E-state index in [0.717, 1.165) is 11.1 Å². The molecule has 8 nitrogen and oxygen atoms in total. The first-order valence-corrected chi connectivity index (χ1v) is 7.54. The van der Waals surface area contributed by atoms with Crippen molar-refractivity contribution in [1.29, 1.82) is 0 Å². The molecule has 0 saturated carbocycles. The number of carbonyl (C=O) groups is 2. The standard InChI is InChI=1S/C17H15N5O3/c23-15(25-11-12-4-2-1-3-5-12)10-18-17(24)14-8-6-13(7-9-14)16-19-21-22-20-16/h1-9H,10-11H2,(H,18,24)(H,19,20,21,22). The molecule has 0 aliphatic carbocycles. The van der Waals surface area contributed by atoms with Gasteiger partial charge in [-0.05, 0) is 22.9 Å². The van der Waals surface area contributed by atoms with Gasteiger partial charge in [0.15, 0.2) is 0 Å². The lowest BCUT2D eigenvalue weighted by Gasteiger charge is -2.07. The van der Waals surface area contributed by atoms with Crippen molar-refractivity contribution in [1.82, 2.24) is 25.9 Å². The van der Waals surface area contributed by atoms with Crippen LogP contribution in [0.3, 0.4) is 0 Å².